The van der Waals surface area contributed by atoms with Gasteiger partial charge in [0.15, 0.2) is 6.10 Å². The van der Waals surface area contributed by atoms with Gasteiger partial charge in [-0.2, -0.15) is 0 Å². The monoisotopic (exact) mass is 584 g/mol. The van der Waals surface area contributed by atoms with Gasteiger partial charge in [-0.1, -0.05) is 121 Å². The molecule has 7 nitrogen and oxygen atoms in total. The Bertz CT molecular complexity index is 1300. The number of benzene rings is 4. The number of carbonyl (C=O) groups excluding carboxylic acids is 1. The molecule has 0 bridgehead atoms. The first kappa shape index (κ1) is 32.1. The summed E-state index contributed by atoms with van der Waals surface area (Å²) in [6.07, 6.45) is -4.36. The van der Waals surface area contributed by atoms with Crippen molar-refractivity contribution in [2.24, 2.45) is 0 Å². The molecule has 0 amide bonds. The van der Waals surface area contributed by atoms with E-state index in [4.69, 9.17) is 23.7 Å². The van der Waals surface area contributed by atoms with Crippen LogP contribution in [0.15, 0.2) is 121 Å². The number of ether oxygens (including phenoxy) is 5. The second-order valence-electron chi connectivity index (χ2n) is 10.1. The Kier molecular flexibility index (Phi) is 13.4. The van der Waals surface area contributed by atoms with E-state index in [1.807, 2.05) is 121 Å². The minimum atomic E-state index is -1.19. The van der Waals surface area contributed by atoms with Crippen molar-refractivity contribution in [3.05, 3.63) is 144 Å². The normalized spacial score (nSPS) is 14.0. The van der Waals surface area contributed by atoms with Gasteiger partial charge in [-0.15, -0.1) is 0 Å². The van der Waals surface area contributed by atoms with Gasteiger partial charge in [0.2, 0.25) is 0 Å². The van der Waals surface area contributed by atoms with Gasteiger partial charge in [0.05, 0.1) is 39.6 Å². The standard InChI is InChI=1S/C36H40O7/c1-2-40-36(38)35(43-26-31-21-13-6-14-22-31)34(42-25-30-19-11-5-12-20-30)33(41-24-29-17-9-4-10-18-29)32(37)27-39-23-28-15-7-3-8-16-28/h3-22,32-35,37H,2,23-27H2,1H3/t32-,33-,34+,35+/m1/s1. The maximum Gasteiger partial charge on any atom is 0.338 e. The molecule has 0 aromatic heterocycles. The first-order chi connectivity index (χ1) is 21.1. The average molecular weight is 585 g/mol. The lowest BCUT2D eigenvalue weighted by molar-refractivity contribution is -0.202. The van der Waals surface area contributed by atoms with Crippen LogP contribution in [0.4, 0.5) is 0 Å². The highest BCUT2D eigenvalue weighted by Gasteiger charge is 2.42. The maximum atomic E-state index is 13.4. The van der Waals surface area contributed by atoms with E-state index in [2.05, 4.69) is 0 Å². The Hall–Kier alpha value is -3.85. The van der Waals surface area contributed by atoms with Crippen molar-refractivity contribution in [1.29, 1.82) is 0 Å². The SMILES string of the molecule is CCOC(=O)[C@@H](OCc1ccccc1)[C@@H](OCc1ccccc1)[C@H](OCc1ccccc1)[C@H](O)COCc1ccccc1. The molecule has 1 N–H and O–H groups in total. The molecule has 0 saturated carbocycles. The highest BCUT2D eigenvalue weighted by molar-refractivity contribution is 5.75. The summed E-state index contributed by atoms with van der Waals surface area (Å²) >= 11 is 0. The largest absolute Gasteiger partial charge is 0.464 e. The summed E-state index contributed by atoms with van der Waals surface area (Å²) in [5, 5.41) is 11.5. The van der Waals surface area contributed by atoms with Crippen molar-refractivity contribution >= 4 is 5.97 Å². The highest BCUT2D eigenvalue weighted by atomic mass is 16.6. The molecule has 0 unspecified atom stereocenters. The molecule has 0 spiro atoms. The molecule has 4 atom stereocenters. The Morgan fingerprint density at radius 2 is 0.977 bits per heavy atom. The van der Waals surface area contributed by atoms with Crippen molar-refractivity contribution < 1.29 is 33.6 Å². The van der Waals surface area contributed by atoms with E-state index in [1.54, 1.807) is 6.92 Å². The Labute approximate surface area is 254 Å². The topological polar surface area (TPSA) is 83.5 Å². The van der Waals surface area contributed by atoms with E-state index in [0.717, 1.165) is 22.3 Å². The summed E-state index contributed by atoms with van der Waals surface area (Å²) in [6, 6.07) is 38.5. The summed E-state index contributed by atoms with van der Waals surface area (Å²) < 4.78 is 30.3. The van der Waals surface area contributed by atoms with Crippen molar-refractivity contribution in [1.82, 2.24) is 0 Å². The van der Waals surface area contributed by atoms with E-state index in [0.29, 0.717) is 6.61 Å². The van der Waals surface area contributed by atoms with Crippen molar-refractivity contribution in [3.8, 4) is 0 Å². The van der Waals surface area contributed by atoms with Crippen molar-refractivity contribution in [2.75, 3.05) is 13.2 Å². The fraction of sp³-hybridized carbons (Fsp3) is 0.306. The van der Waals surface area contributed by atoms with Gasteiger partial charge in [0, 0.05) is 0 Å². The lowest BCUT2D eigenvalue weighted by atomic mass is 10.0. The summed E-state index contributed by atoms with van der Waals surface area (Å²) in [7, 11) is 0. The fourth-order valence-corrected chi connectivity index (χ4v) is 4.56. The van der Waals surface area contributed by atoms with Gasteiger partial charge in [0.25, 0.3) is 0 Å². The third-order valence-electron chi connectivity index (χ3n) is 6.76. The first-order valence-corrected chi connectivity index (χ1v) is 14.6. The van der Waals surface area contributed by atoms with Crippen molar-refractivity contribution in [2.45, 2.75) is 57.8 Å². The Balaban J connectivity index is 1.61. The number of aliphatic hydroxyl groups excluding tert-OH is 1. The average Bonchev–Trinajstić information content (AvgIpc) is 3.05. The number of aliphatic hydroxyl groups is 1. The Morgan fingerprint density at radius 3 is 1.42 bits per heavy atom. The second-order valence-corrected chi connectivity index (χ2v) is 10.1. The van der Waals surface area contributed by atoms with Gasteiger partial charge in [-0.05, 0) is 29.2 Å². The summed E-state index contributed by atoms with van der Waals surface area (Å²) in [5.41, 5.74) is 3.66. The summed E-state index contributed by atoms with van der Waals surface area (Å²) in [6.45, 7) is 2.65. The van der Waals surface area contributed by atoms with Gasteiger partial charge < -0.3 is 28.8 Å². The van der Waals surface area contributed by atoms with Crippen LogP contribution in [0.3, 0.4) is 0 Å². The van der Waals surface area contributed by atoms with Crippen LogP contribution in [-0.2, 0) is 54.9 Å². The molecular formula is C36H40O7. The molecule has 226 valence electrons. The first-order valence-electron chi connectivity index (χ1n) is 14.6. The van der Waals surface area contributed by atoms with Crippen molar-refractivity contribution in [3.63, 3.8) is 0 Å². The minimum absolute atomic E-state index is 0.0478. The van der Waals surface area contributed by atoms with E-state index in [-0.39, 0.29) is 33.0 Å². The van der Waals surface area contributed by atoms with Crippen LogP contribution in [0, 0.1) is 0 Å². The molecule has 4 aromatic rings. The molecule has 4 aromatic carbocycles. The third kappa shape index (κ3) is 10.7. The molecule has 43 heavy (non-hydrogen) atoms. The van der Waals surface area contributed by atoms with Gasteiger partial charge >= 0.3 is 5.97 Å². The van der Waals surface area contributed by atoms with Crippen LogP contribution in [0.5, 0.6) is 0 Å². The van der Waals surface area contributed by atoms with Crippen LogP contribution >= 0.6 is 0 Å². The van der Waals surface area contributed by atoms with Gasteiger partial charge in [-0.3, -0.25) is 0 Å². The molecule has 0 saturated heterocycles. The molecule has 4 rings (SSSR count). The summed E-state index contributed by atoms with van der Waals surface area (Å²) in [4.78, 5) is 13.4. The van der Waals surface area contributed by atoms with E-state index in [9.17, 15) is 9.90 Å². The predicted octanol–water partition coefficient (Wildman–Crippen LogP) is 5.88. The minimum Gasteiger partial charge on any atom is -0.464 e. The lowest BCUT2D eigenvalue weighted by Gasteiger charge is -2.35. The summed E-state index contributed by atoms with van der Waals surface area (Å²) in [5.74, 6) is -0.595. The molecule has 0 heterocycles. The Morgan fingerprint density at radius 1 is 0.581 bits per heavy atom. The number of carbonyl (C=O) groups is 1. The highest BCUT2D eigenvalue weighted by Crippen LogP contribution is 2.22. The zero-order valence-corrected chi connectivity index (χ0v) is 24.5. The van der Waals surface area contributed by atoms with E-state index >= 15 is 0 Å². The molecule has 0 radical (unpaired) electrons. The van der Waals surface area contributed by atoms with Crippen LogP contribution in [0.2, 0.25) is 0 Å². The fourth-order valence-electron chi connectivity index (χ4n) is 4.56. The molecule has 0 aliphatic rings. The van der Waals surface area contributed by atoms with Gasteiger partial charge in [0.1, 0.15) is 18.3 Å². The predicted molar refractivity (Wildman–Crippen MR) is 164 cm³/mol. The lowest BCUT2D eigenvalue weighted by Crippen LogP contribution is -2.53. The van der Waals surface area contributed by atoms with E-state index in [1.165, 1.54) is 0 Å². The van der Waals surface area contributed by atoms with Crippen LogP contribution in [0.1, 0.15) is 29.2 Å². The van der Waals surface area contributed by atoms with Crippen LogP contribution in [-0.4, -0.2) is 48.7 Å². The second kappa shape index (κ2) is 18.0. The number of hydrogen-bond acceptors (Lipinski definition) is 7. The van der Waals surface area contributed by atoms with Crippen LogP contribution in [0.25, 0.3) is 0 Å². The molecule has 7 heteroatoms. The molecular weight excluding hydrogens is 544 g/mol. The van der Waals surface area contributed by atoms with Gasteiger partial charge in [-0.25, -0.2) is 4.79 Å². The van der Waals surface area contributed by atoms with Crippen LogP contribution < -0.4 is 0 Å². The maximum absolute atomic E-state index is 13.4. The zero-order chi connectivity index (χ0) is 30.1. The molecule has 0 aliphatic carbocycles. The smallest absolute Gasteiger partial charge is 0.338 e. The third-order valence-corrected chi connectivity index (χ3v) is 6.76. The zero-order valence-electron chi connectivity index (χ0n) is 24.5. The quantitative estimate of drug-likeness (QED) is 0.146. The number of hydrogen-bond donors (Lipinski definition) is 1. The number of esters is 1. The number of rotatable bonds is 18. The molecule has 0 aliphatic heterocycles. The van der Waals surface area contributed by atoms with E-state index < -0.39 is 30.4 Å². The molecule has 0 fully saturated rings.